The first kappa shape index (κ1) is 10.8. The molecule has 1 heterocycles. The summed E-state index contributed by atoms with van der Waals surface area (Å²) < 4.78 is 5.16. The lowest BCUT2D eigenvalue weighted by molar-refractivity contribution is 0.387. The van der Waals surface area contributed by atoms with E-state index in [2.05, 4.69) is 27.2 Å². The second-order valence-electron chi connectivity index (χ2n) is 2.52. The molecule has 1 aromatic heterocycles. The van der Waals surface area contributed by atoms with Gasteiger partial charge in [-0.15, -0.1) is 21.0 Å². The maximum atomic E-state index is 5.16. The second kappa shape index (κ2) is 5.46. The van der Waals surface area contributed by atoms with E-state index in [9.17, 15) is 0 Å². The van der Waals surface area contributed by atoms with Crippen LogP contribution in [0.4, 0.5) is 0 Å². The molecule has 2 nitrogen and oxygen atoms in total. The van der Waals surface area contributed by atoms with Gasteiger partial charge in [0, 0.05) is 11.7 Å². The maximum absolute atomic E-state index is 5.16. The predicted molar refractivity (Wildman–Crippen MR) is 60.6 cm³/mol. The van der Waals surface area contributed by atoms with Crippen LogP contribution in [0.5, 0.6) is 5.88 Å². The number of pyridine rings is 1. The lowest BCUT2D eigenvalue weighted by Crippen LogP contribution is -1.92. The third kappa shape index (κ3) is 2.85. The summed E-state index contributed by atoms with van der Waals surface area (Å²) in [5.41, 5.74) is 2.22. The van der Waals surface area contributed by atoms with E-state index in [0.29, 0.717) is 0 Å². The molecule has 0 saturated heterocycles. The summed E-state index contributed by atoms with van der Waals surface area (Å²) in [5, 5.41) is 0. The van der Waals surface area contributed by atoms with Crippen LogP contribution in [0.3, 0.4) is 0 Å². The van der Waals surface area contributed by atoms with Crippen LogP contribution in [0.1, 0.15) is 12.5 Å². The molecular weight excluding hydrogens is 201 g/mol. The van der Waals surface area contributed by atoms with Crippen LogP contribution in [0.15, 0.2) is 17.2 Å². The molecule has 1 aromatic rings. The monoisotopic (exact) mass is 215 g/mol. The van der Waals surface area contributed by atoms with Gasteiger partial charge in [0.15, 0.2) is 0 Å². The molecule has 0 aromatic carbocycles. The lowest BCUT2D eigenvalue weighted by Gasteiger charge is -2.06. The van der Waals surface area contributed by atoms with Gasteiger partial charge in [-0.1, -0.05) is 6.92 Å². The summed E-state index contributed by atoms with van der Waals surface area (Å²) in [5.74, 6) is 0.727. The second-order valence-corrected chi connectivity index (χ2v) is 4.58. The molecule has 0 aliphatic rings. The van der Waals surface area contributed by atoms with Crippen molar-refractivity contribution < 1.29 is 4.74 Å². The molecular formula is C9H14NOPS. The number of thioether (sulfide) groups is 1. The third-order valence-corrected chi connectivity index (χ3v) is 2.99. The molecule has 0 N–H and O–H groups in total. The highest BCUT2D eigenvalue weighted by molar-refractivity contribution is 8.02. The molecule has 1 unspecified atom stereocenters. The number of aryl methyl sites for hydroxylation is 1. The fourth-order valence-electron chi connectivity index (χ4n) is 1.01. The average molecular weight is 215 g/mol. The minimum Gasteiger partial charge on any atom is -0.480 e. The molecule has 0 radical (unpaired) electrons. The van der Waals surface area contributed by atoms with Crippen LogP contribution in [0, 0.1) is 0 Å². The average Bonchev–Trinajstić information content (AvgIpc) is 2.18. The Morgan fingerprint density at radius 3 is 2.92 bits per heavy atom. The van der Waals surface area contributed by atoms with Crippen molar-refractivity contribution in [2.45, 2.75) is 18.2 Å². The van der Waals surface area contributed by atoms with Gasteiger partial charge in [-0.25, -0.2) is 4.98 Å². The van der Waals surface area contributed by atoms with E-state index in [1.54, 1.807) is 18.9 Å². The molecule has 0 spiro atoms. The van der Waals surface area contributed by atoms with Crippen LogP contribution in [-0.4, -0.2) is 17.6 Å². The van der Waals surface area contributed by atoms with Crippen molar-refractivity contribution >= 4 is 21.0 Å². The van der Waals surface area contributed by atoms with E-state index in [1.807, 2.05) is 6.20 Å². The first-order chi connectivity index (χ1) is 6.31. The van der Waals surface area contributed by atoms with Gasteiger partial charge >= 0.3 is 0 Å². The van der Waals surface area contributed by atoms with Crippen molar-refractivity contribution in [2.24, 2.45) is 0 Å². The molecule has 13 heavy (non-hydrogen) atoms. The van der Waals surface area contributed by atoms with Crippen LogP contribution in [0.2, 0.25) is 0 Å². The molecule has 1 atom stereocenters. The Labute approximate surface area is 85.7 Å². The van der Waals surface area contributed by atoms with Crippen LogP contribution in [-0.2, 0) is 6.42 Å². The van der Waals surface area contributed by atoms with Crippen LogP contribution < -0.4 is 4.74 Å². The highest BCUT2D eigenvalue weighted by Crippen LogP contribution is 2.29. The Morgan fingerprint density at radius 1 is 1.62 bits per heavy atom. The van der Waals surface area contributed by atoms with E-state index in [0.717, 1.165) is 22.7 Å². The zero-order valence-electron chi connectivity index (χ0n) is 7.91. The van der Waals surface area contributed by atoms with E-state index in [4.69, 9.17) is 4.74 Å². The molecule has 1 rings (SSSR count). The topological polar surface area (TPSA) is 22.1 Å². The van der Waals surface area contributed by atoms with Gasteiger partial charge in [0.2, 0.25) is 5.88 Å². The largest absolute Gasteiger partial charge is 0.480 e. The molecule has 0 saturated carbocycles. The smallest absolute Gasteiger partial charge is 0.227 e. The first-order valence-electron chi connectivity index (χ1n) is 4.17. The van der Waals surface area contributed by atoms with Crippen molar-refractivity contribution in [3.8, 4) is 5.88 Å². The van der Waals surface area contributed by atoms with Gasteiger partial charge in [-0.3, -0.25) is 0 Å². The standard InChI is InChI=1S/C9H14NOPS/c1-3-7-4-8(13-6-12)9(11-2)10-5-7/h4-5H,3,6,12H2,1-2H3. The maximum Gasteiger partial charge on any atom is 0.227 e. The molecule has 0 fully saturated rings. The van der Waals surface area contributed by atoms with E-state index < -0.39 is 0 Å². The Balaban J connectivity index is 2.95. The number of hydrogen-bond donors (Lipinski definition) is 0. The molecule has 72 valence electrons. The number of nitrogens with zero attached hydrogens (tertiary/aromatic N) is 1. The van der Waals surface area contributed by atoms with Crippen molar-refractivity contribution in [1.82, 2.24) is 4.98 Å². The van der Waals surface area contributed by atoms with Crippen molar-refractivity contribution in [3.05, 3.63) is 17.8 Å². The number of ether oxygens (including phenoxy) is 1. The van der Waals surface area contributed by atoms with Gasteiger partial charge in [0.25, 0.3) is 0 Å². The summed E-state index contributed by atoms with van der Waals surface area (Å²) in [6.45, 7) is 2.12. The molecule has 0 aliphatic heterocycles. The third-order valence-electron chi connectivity index (χ3n) is 1.72. The van der Waals surface area contributed by atoms with Crippen molar-refractivity contribution in [1.29, 1.82) is 0 Å². The van der Waals surface area contributed by atoms with Gasteiger partial charge in [0.1, 0.15) is 0 Å². The van der Waals surface area contributed by atoms with Crippen molar-refractivity contribution in [2.75, 3.05) is 12.6 Å². The lowest BCUT2D eigenvalue weighted by atomic mass is 10.2. The Morgan fingerprint density at radius 2 is 2.38 bits per heavy atom. The Bertz CT molecular complexity index is 280. The Hall–Kier alpha value is -0.270. The quantitative estimate of drug-likeness (QED) is 0.569. The first-order valence-corrected chi connectivity index (χ1v) is 5.97. The zero-order chi connectivity index (χ0) is 9.68. The number of methoxy groups -OCH3 is 1. The molecule has 0 amide bonds. The molecule has 0 bridgehead atoms. The summed E-state index contributed by atoms with van der Waals surface area (Å²) in [6.07, 6.45) is 2.88. The van der Waals surface area contributed by atoms with Gasteiger partial charge in [-0.05, 0) is 18.1 Å². The fraction of sp³-hybridized carbons (Fsp3) is 0.444. The normalized spacial score (nSPS) is 10.1. The van der Waals surface area contributed by atoms with E-state index >= 15 is 0 Å². The van der Waals surface area contributed by atoms with Crippen LogP contribution >= 0.6 is 21.0 Å². The number of aromatic nitrogens is 1. The minimum absolute atomic E-state index is 0.727. The zero-order valence-corrected chi connectivity index (χ0v) is 9.88. The summed E-state index contributed by atoms with van der Waals surface area (Å²) in [7, 11) is 4.34. The minimum atomic E-state index is 0.727. The fourth-order valence-corrected chi connectivity index (χ4v) is 2.22. The summed E-state index contributed by atoms with van der Waals surface area (Å²) >= 11 is 1.73. The number of hydrogen-bond acceptors (Lipinski definition) is 3. The van der Waals surface area contributed by atoms with Crippen molar-refractivity contribution in [3.63, 3.8) is 0 Å². The SMILES string of the molecule is CCc1cnc(OC)c(SCP)c1. The highest BCUT2D eigenvalue weighted by Gasteiger charge is 2.04. The van der Waals surface area contributed by atoms with Gasteiger partial charge < -0.3 is 4.74 Å². The molecule has 0 aliphatic carbocycles. The summed E-state index contributed by atoms with van der Waals surface area (Å²) in [4.78, 5) is 5.36. The Kier molecular flexibility index (Phi) is 4.54. The van der Waals surface area contributed by atoms with Gasteiger partial charge in [0.05, 0.1) is 12.0 Å². The molecule has 4 heteroatoms. The van der Waals surface area contributed by atoms with E-state index in [1.165, 1.54) is 5.56 Å². The summed E-state index contributed by atoms with van der Waals surface area (Å²) in [6, 6.07) is 2.14. The van der Waals surface area contributed by atoms with Crippen LogP contribution in [0.25, 0.3) is 0 Å². The highest BCUT2D eigenvalue weighted by atomic mass is 32.2. The predicted octanol–water partition coefficient (Wildman–Crippen LogP) is 2.58. The number of rotatable bonds is 4. The van der Waals surface area contributed by atoms with Gasteiger partial charge in [-0.2, -0.15) is 0 Å². The van der Waals surface area contributed by atoms with E-state index in [-0.39, 0.29) is 0 Å².